The van der Waals surface area contributed by atoms with Gasteiger partial charge in [0.2, 0.25) is 5.91 Å². The number of carbonyl (C=O) groups excluding carboxylic acids is 2. The molecule has 0 N–H and O–H groups in total. The van der Waals surface area contributed by atoms with Gasteiger partial charge in [0, 0.05) is 42.7 Å². The van der Waals surface area contributed by atoms with Crippen LogP contribution in [0.25, 0.3) is 11.1 Å². The van der Waals surface area contributed by atoms with Gasteiger partial charge in [0.25, 0.3) is 5.91 Å². The standard InChI is InChI=1S/C25H24FN3O2/c1-16-5-4-6-17(2)24(16)25(31)29(26)15-18-11-21(14-27-13-18)19-7-9-22-20(12-19)8-10-23(30)28(22)3/h4-7,9,11-14H,8,10,15H2,1-3H3. The minimum atomic E-state index is -0.650. The van der Waals surface area contributed by atoms with Gasteiger partial charge in [-0.1, -0.05) is 28.7 Å². The van der Waals surface area contributed by atoms with E-state index in [2.05, 4.69) is 4.98 Å². The van der Waals surface area contributed by atoms with Crippen molar-refractivity contribution in [2.75, 3.05) is 11.9 Å². The smallest absolute Gasteiger partial charge is 0.282 e. The van der Waals surface area contributed by atoms with E-state index in [1.807, 2.05) is 30.3 Å². The van der Waals surface area contributed by atoms with E-state index >= 15 is 0 Å². The van der Waals surface area contributed by atoms with Crippen LogP contribution >= 0.6 is 0 Å². The molecule has 2 amide bonds. The zero-order valence-electron chi connectivity index (χ0n) is 17.9. The first-order chi connectivity index (χ1) is 14.8. The van der Waals surface area contributed by atoms with Crippen molar-refractivity contribution in [1.82, 2.24) is 10.1 Å². The summed E-state index contributed by atoms with van der Waals surface area (Å²) in [6, 6.07) is 13.2. The number of aryl methyl sites for hydroxylation is 3. The van der Waals surface area contributed by atoms with Gasteiger partial charge >= 0.3 is 0 Å². The molecule has 0 unspecified atom stereocenters. The van der Waals surface area contributed by atoms with E-state index in [9.17, 15) is 14.1 Å². The molecule has 3 aromatic rings. The molecule has 31 heavy (non-hydrogen) atoms. The van der Waals surface area contributed by atoms with E-state index in [-0.39, 0.29) is 17.6 Å². The fourth-order valence-corrected chi connectivity index (χ4v) is 4.07. The second kappa shape index (κ2) is 8.30. The monoisotopic (exact) mass is 417 g/mol. The number of aromatic nitrogens is 1. The number of hydrogen-bond acceptors (Lipinski definition) is 3. The van der Waals surface area contributed by atoms with Crippen LogP contribution < -0.4 is 4.90 Å². The number of anilines is 1. The van der Waals surface area contributed by atoms with Crippen LogP contribution in [0.5, 0.6) is 0 Å². The summed E-state index contributed by atoms with van der Waals surface area (Å²) in [5, 5.41) is 0.240. The fourth-order valence-electron chi connectivity index (χ4n) is 4.07. The van der Waals surface area contributed by atoms with Crippen molar-refractivity contribution in [3.05, 3.63) is 82.7 Å². The minimum Gasteiger partial charge on any atom is -0.315 e. The Labute approximate surface area is 181 Å². The third-order valence-electron chi connectivity index (χ3n) is 5.79. The molecule has 0 saturated carbocycles. The molecule has 0 saturated heterocycles. The lowest BCUT2D eigenvalue weighted by Crippen LogP contribution is -2.30. The molecule has 158 valence electrons. The van der Waals surface area contributed by atoms with Crippen LogP contribution in [0.4, 0.5) is 10.2 Å². The predicted octanol–water partition coefficient (Wildman–Crippen LogP) is 4.80. The number of carbonyl (C=O) groups is 2. The molecule has 0 atom stereocenters. The van der Waals surface area contributed by atoms with E-state index in [0.717, 1.165) is 33.5 Å². The molecule has 0 aliphatic carbocycles. The molecule has 1 aliphatic rings. The van der Waals surface area contributed by atoms with Gasteiger partial charge in [-0.3, -0.25) is 14.6 Å². The Balaban J connectivity index is 1.57. The molecular formula is C25H24FN3O2. The van der Waals surface area contributed by atoms with Gasteiger partial charge in [0.1, 0.15) is 0 Å². The van der Waals surface area contributed by atoms with Crippen LogP contribution in [0.15, 0.2) is 54.9 Å². The van der Waals surface area contributed by atoms with Crippen LogP contribution in [0.3, 0.4) is 0 Å². The lowest BCUT2D eigenvalue weighted by Gasteiger charge is -2.26. The highest BCUT2D eigenvalue weighted by Gasteiger charge is 2.22. The number of pyridine rings is 1. The zero-order valence-corrected chi connectivity index (χ0v) is 17.9. The predicted molar refractivity (Wildman–Crippen MR) is 118 cm³/mol. The molecular weight excluding hydrogens is 393 g/mol. The highest BCUT2D eigenvalue weighted by molar-refractivity contribution is 5.97. The Morgan fingerprint density at radius 1 is 1.06 bits per heavy atom. The van der Waals surface area contributed by atoms with Crippen molar-refractivity contribution < 1.29 is 14.1 Å². The number of fused-ring (bicyclic) bond motifs is 1. The summed E-state index contributed by atoms with van der Waals surface area (Å²) in [6.45, 7) is 3.42. The van der Waals surface area contributed by atoms with Crippen molar-refractivity contribution in [2.24, 2.45) is 0 Å². The van der Waals surface area contributed by atoms with Crippen molar-refractivity contribution in [1.29, 1.82) is 0 Å². The molecule has 1 aliphatic heterocycles. The van der Waals surface area contributed by atoms with Crippen molar-refractivity contribution in [3.8, 4) is 11.1 Å². The van der Waals surface area contributed by atoms with E-state index in [1.54, 1.807) is 50.3 Å². The van der Waals surface area contributed by atoms with Crippen LogP contribution in [-0.2, 0) is 17.8 Å². The highest BCUT2D eigenvalue weighted by atomic mass is 19.2. The Hall–Kier alpha value is -3.54. The summed E-state index contributed by atoms with van der Waals surface area (Å²) >= 11 is 0. The topological polar surface area (TPSA) is 53.5 Å². The quantitative estimate of drug-likeness (QED) is 0.573. The Morgan fingerprint density at radius 3 is 2.55 bits per heavy atom. The molecule has 0 spiro atoms. The summed E-state index contributed by atoms with van der Waals surface area (Å²) in [7, 11) is 1.78. The van der Waals surface area contributed by atoms with Crippen LogP contribution in [-0.4, -0.2) is 29.0 Å². The average molecular weight is 417 g/mol. The minimum absolute atomic E-state index is 0.112. The summed E-state index contributed by atoms with van der Waals surface area (Å²) < 4.78 is 14.8. The molecule has 4 rings (SSSR count). The van der Waals surface area contributed by atoms with E-state index in [0.29, 0.717) is 24.0 Å². The second-order valence-corrected chi connectivity index (χ2v) is 7.97. The normalized spacial score (nSPS) is 13.2. The summed E-state index contributed by atoms with van der Waals surface area (Å²) in [6.07, 6.45) is 4.47. The fraction of sp³-hybridized carbons (Fsp3) is 0.240. The Bertz CT molecular complexity index is 1150. The second-order valence-electron chi connectivity index (χ2n) is 7.97. The lowest BCUT2D eigenvalue weighted by molar-refractivity contribution is -0.118. The van der Waals surface area contributed by atoms with Crippen molar-refractivity contribution >= 4 is 17.5 Å². The molecule has 2 aromatic carbocycles. The molecule has 0 fully saturated rings. The largest absolute Gasteiger partial charge is 0.315 e. The number of hydrogen-bond donors (Lipinski definition) is 0. The van der Waals surface area contributed by atoms with Crippen molar-refractivity contribution in [3.63, 3.8) is 0 Å². The zero-order chi connectivity index (χ0) is 22.1. The van der Waals surface area contributed by atoms with E-state index in [1.165, 1.54) is 0 Å². The maximum Gasteiger partial charge on any atom is 0.282 e. The van der Waals surface area contributed by atoms with Crippen LogP contribution in [0.1, 0.15) is 39.0 Å². The average Bonchev–Trinajstić information content (AvgIpc) is 2.76. The SMILES string of the molecule is Cc1cccc(C)c1C(=O)N(F)Cc1cncc(-c2ccc3c(c2)CCC(=O)N3C)c1. The van der Waals surface area contributed by atoms with Gasteiger partial charge in [-0.05, 0) is 66.3 Å². The van der Waals surface area contributed by atoms with Gasteiger partial charge < -0.3 is 4.90 Å². The maximum atomic E-state index is 14.8. The first kappa shape index (κ1) is 20.7. The first-order valence-corrected chi connectivity index (χ1v) is 10.2. The Kier molecular flexibility index (Phi) is 5.55. The molecule has 1 aromatic heterocycles. The highest BCUT2D eigenvalue weighted by Crippen LogP contribution is 2.31. The number of benzene rings is 2. The summed E-state index contributed by atoms with van der Waals surface area (Å²) in [5.74, 6) is -0.539. The van der Waals surface area contributed by atoms with Crippen LogP contribution in [0, 0.1) is 13.8 Å². The Morgan fingerprint density at radius 2 is 1.81 bits per heavy atom. The third-order valence-corrected chi connectivity index (χ3v) is 5.79. The van der Waals surface area contributed by atoms with Gasteiger partial charge in [-0.2, -0.15) is 5.12 Å². The van der Waals surface area contributed by atoms with Gasteiger partial charge in [-0.15, -0.1) is 0 Å². The number of amides is 2. The lowest BCUT2D eigenvalue weighted by atomic mass is 9.96. The number of rotatable bonds is 4. The molecule has 0 bridgehead atoms. The van der Waals surface area contributed by atoms with Crippen molar-refractivity contribution in [2.45, 2.75) is 33.2 Å². The van der Waals surface area contributed by atoms with E-state index < -0.39 is 5.91 Å². The molecule has 5 nitrogen and oxygen atoms in total. The van der Waals surface area contributed by atoms with Gasteiger partial charge in [0.15, 0.2) is 0 Å². The number of nitrogens with zero attached hydrogens (tertiary/aromatic N) is 3. The maximum absolute atomic E-state index is 14.8. The molecule has 2 heterocycles. The first-order valence-electron chi connectivity index (χ1n) is 10.2. The molecule has 0 radical (unpaired) electrons. The molecule has 6 heteroatoms. The van der Waals surface area contributed by atoms with Gasteiger partial charge in [0.05, 0.1) is 6.54 Å². The summed E-state index contributed by atoms with van der Waals surface area (Å²) in [5.41, 5.74) is 6.29. The van der Waals surface area contributed by atoms with E-state index in [4.69, 9.17) is 0 Å². The summed E-state index contributed by atoms with van der Waals surface area (Å²) in [4.78, 5) is 30.5. The third kappa shape index (κ3) is 4.06. The number of halogens is 1. The van der Waals surface area contributed by atoms with Crippen LogP contribution in [0.2, 0.25) is 0 Å². The van der Waals surface area contributed by atoms with Gasteiger partial charge in [-0.25, -0.2) is 0 Å².